The Bertz CT molecular complexity index is 892. The molecule has 0 amide bonds. The van der Waals surface area contributed by atoms with Gasteiger partial charge < -0.3 is 14.8 Å². The summed E-state index contributed by atoms with van der Waals surface area (Å²) >= 11 is 18.2. The van der Waals surface area contributed by atoms with Gasteiger partial charge in [0.25, 0.3) is 0 Å². The molecule has 0 saturated heterocycles. The summed E-state index contributed by atoms with van der Waals surface area (Å²) in [5.41, 5.74) is 1.16. The first kappa shape index (κ1) is 15.0. The first-order chi connectivity index (χ1) is 10.5. The molecular weight excluding hydrogens is 349 g/mol. The highest BCUT2D eigenvalue weighted by molar-refractivity contribution is 6.38. The molecule has 2 N–H and O–H groups in total. The van der Waals surface area contributed by atoms with Crippen LogP contribution in [0.2, 0.25) is 15.1 Å². The van der Waals surface area contributed by atoms with Crippen LogP contribution in [0, 0.1) is 0 Å². The molecule has 22 heavy (non-hydrogen) atoms. The van der Waals surface area contributed by atoms with Gasteiger partial charge in [-0.2, -0.15) is 0 Å². The molecule has 0 aliphatic rings. The summed E-state index contributed by atoms with van der Waals surface area (Å²) < 4.78 is 1.54. The molecule has 1 aromatic carbocycles. The van der Waals surface area contributed by atoms with Crippen LogP contribution < -0.4 is 5.32 Å². The number of benzene rings is 1. The number of hydrogen-bond donors (Lipinski definition) is 2. The van der Waals surface area contributed by atoms with Crippen molar-refractivity contribution in [1.29, 1.82) is 0 Å². The lowest BCUT2D eigenvalue weighted by molar-refractivity contribution is 0.0697. The van der Waals surface area contributed by atoms with Gasteiger partial charge in [-0.3, -0.25) is 0 Å². The molecule has 112 valence electrons. The van der Waals surface area contributed by atoms with Crippen molar-refractivity contribution in [2.75, 3.05) is 5.32 Å². The van der Waals surface area contributed by atoms with Crippen LogP contribution in [0.3, 0.4) is 0 Å². The van der Waals surface area contributed by atoms with E-state index in [2.05, 4.69) is 10.3 Å². The van der Waals surface area contributed by atoms with Crippen LogP contribution in [0.15, 0.2) is 36.8 Å². The Morgan fingerprint density at radius 1 is 1.27 bits per heavy atom. The minimum atomic E-state index is -1.12. The Hall–Kier alpha value is -1.95. The van der Waals surface area contributed by atoms with Gasteiger partial charge in [0.2, 0.25) is 0 Å². The molecule has 0 aliphatic heterocycles. The first-order valence-corrected chi connectivity index (χ1v) is 7.21. The number of imidazole rings is 1. The molecule has 5 nitrogen and oxygen atoms in total. The van der Waals surface area contributed by atoms with Gasteiger partial charge >= 0.3 is 5.97 Å². The van der Waals surface area contributed by atoms with Gasteiger partial charge in [-0.25, -0.2) is 9.78 Å². The number of halogens is 3. The second-order valence-electron chi connectivity index (χ2n) is 4.44. The highest BCUT2D eigenvalue weighted by Crippen LogP contribution is 2.35. The summed E-state index contributed by atoms with van der Waals surface area (Å²) in [5, 5.41) is 13.4. The van der Waals surface area contributed by atoms with Crippen LogP contribution in [-0.4, -0.2) is 20.5 Å². The topological polar surface area (TPSA) is 66.6 Å². The van der Waals surface area contributed by atoms with Crippen LogP contribution in [-0.2, 0) is 0 Å². The second-order valence-corrected chi connectivity index (χ2v) is 5.67. The van der Waals surface area contributed by atoms with Crippen LogP contribution in [0.5, 0.6) is 0 Å². The average molecular weight is 357 g/mol. The Morgan fingerprint density at radius 3 is 2.73 bits per heavy atom. The van der Waals surface area contributed by atoms with Crippen LogP contribution in [0.4, 0.5) is 11.4 Å². The van der Waals surface area contributed by atoms with E-state index in [1.165, 1.54) is 12.4 Å². The summed E-state index contributed by atoms with van der Waals surface area (Å²) in [4.78, 5) is 15.6. The molecule has 3 rings (SSSR count). The van der Waals surface area contributed by atoms with E-state index in [0.29, 0.717) is 21.4 Å². The predicted octanol–water partition coefficient (Wildman–Crippen LogP) is 4.74. The Morgan fingerprint density at radius 2 is 2.05 bits per heavy atom. The van der Waals surface area contributed by atoms with E-state index in [1.807, 2.05) is 0 Å². The van der Waals surface area contributed by atoms with Crippen LogP contribution in [0.1, 0.15) is 10.4 Å². The average Bonchev–Trinajstić information content (AvgIpc) is 2.92. The number of fused-ring (bicyclic) bond motifs is 1. The number of nitrogens with one attached hydrogen (secondary N) is 1. The number of anilines is 2. The molecule has 2 aromatic heterocycles. The second kappa shape index (κ2) is 5.68. The van der Waals surface area contributed by atoms with Crippen molar-refractivity contribution in [3.05, 3.63) is 57.4 Å². The van der Waals surface area contributed by atoms with Crippen molar-refractivity contribution in [2.45, 2.75) is 0 Å². The Kier molecular flexibility index (Phi) is 3.87. The molecule has 0 unspecified atom stereocenters. The Balaban J connectivity index is 2.18. The summed E-state index contributed by atoms with van der Waals surface area (Å²) in [6, 6.07) is 4.83. The third kappa shape index (κ3) is 2.59. The fraction of sp³-hybridized carbons (Fsp3) is 0. The lowest BCUT2D eigenvalue weighted by Gasteiger charge is -2.14. The number of hydrogen-bond acceptors (Lipinski definition) is 3. The summed E-state index contributed by atoms with van der Waals surface area (Å²) in [7, 11) is 0. The monoisotopic (exact) mass is 355 g/mol. The molecule has 8 heteroatoms. The van der Waals surface area contributed by atoms with Gasteiger partial charge in [0.15, 0.2) is 5.65 Å². The highest BCUT2D eigenvalue weighted by atomic mass is 35.5. The number of aromatic carboxylic acids is 1. The highest BCUT2D eigenvalue weighted by Gasteiger charge is 2.19. The largest absolute Gasteiger partial charge is 0.478 e. The number of nitrogens with zero attached hydrogens (tertiary/aromatic N) is 2. The van der Waals surface area contributed by atoms with Gasteiger partial charge in [0.05, 0.1) is 16.4 Å². The summed E-state index contributed by atoms with van der Waals surface area (Å²) in [6.07, 6.45) is 4.58. The number of carboxylic acid groups (broad SMARTS) is 1. The summed E-state index contributed by atoms with van der Waals surface area (Å²) in [5.74, 6) is -1.12. The molecule has 0 saturated carbocycles. The van der Waals surface area contributed by atoms with Crippen LogP contribution >= 0.6 is 34.8 Å². The Labute approximate surface area is 140 Å². The predicted molar refractivity (Wildman–Crippen MR) is 86.9 cm³/mol. The number of carbonyl (C=O) groups is 1. The van der Waals surface area contributed by atoms with E-state index < -0.39 is 5.97 Å². The van der Waals surface area contributed by atoms with Crippen LogP contribution in [0.25, 0.3) is 5.65 Å². The van der Waals surface area contributed by atoms with Crippen molar-refractivity contribution in [3.63, 3.8) is 0 Å². The minimum Gasteiger partial charge on any atom is -0.478 e. The number of pyridine rings is 1. The SMILES string of the molecule is O=C(O)c1cn2ccnc2c(Cl)c1Nc1ccc(Cl)cc1Cl. The molecule has 3 aromatic rings. The van der Waals surface area contributed by atoms with Gasteiger partial charge in [-0.15, -0.1) is 0 Å². The molecule has 0 fully saturated rings. The lowest BCUT2D eigenvalue weighted by atomic mass is 10.2. The van der Waals surface area contributed by atoms with E-state index in [-0.39, 0.29) is 16.3 Å². The maximum atomic E-state index is 11.5. The van der Waals surface area contributed by atoms with Crippen molar-refractivity contribution in [3.8, 4) is 0 Å². The zero-order valence-electron chi connectivity index (χ0n) is 10.8. The third-order valence-corrected chi connectivity index (χ3v) is 3.95. The quantitative estimate of drug-likeness (QED) is 0.711. The van der Waals surface area contributed by atoms with E-state index in [0.717, 1.165) is 0 Å². The molecule has 2 heterocycles. The van der Waals surface area contributed by atoms with Gasteiger partial charge in [0.1, 0.15) is 10.6 Å². The standard InChI is InChI=1S/C14H8Cl3N3O2/c15-7-1-2-10(9(16)5-7)19-12-8(14(21)22)6-20-4-3-18-13(20)11(12)17/h1-6,19H,(H,21,22). The smallest absolute Gasteiger partial charge is 0.339 e. The molecular formula is C14H8Cl3N3O2. The maximum absolute atomic E-state index is 11.5. The van der Waals surface area contributed by atoms with Crippen molar-refractivity contribution >= 4 is 57.8 Å². The fourth-order valence-electron chi connectivity index (χ4n) is 2.03. The van der Waals surface area contributed by atoms with Gasteiger partial charge in [-0.1, -0.05) is 34.8 Å². The van der Waals surface area contributed by atoms with Crippen molar-refractivity contribution < 1.29 is 9.90 Å². The van der Waals surface area contributed by atoms with Crippen molar-refractivity contribution in [2.24, 2.45) is 0 Å². The van der Waals surface area contributed by atoms with E-state index in [1.54, 1.807) is 28.8 Å². The lowest BCUT2D eigenvalue weighted by Crippen LogP contribution is -2.06. The molecule has 0 aliphatic carbocycles. The zero-order valence-corrected chi connectivity index (χ0v) is 13.1. The van der Waals surface area contributed by atoms with E-state index in [9.17, 15) is 9.90 Å². The van der Waals surface area contributed by atoms with Gasteiger partial charge in [0, 0.05) is 23.6 Å². The third-order valence-electron chi connectivity index (χ3n) is 3.04. The zero-order chi connectivity index (χ0) is 15.9. The van der Waals surface area contributed by atoms with E-state index in [4.69, 9.17) is 34.8 Å². The molecule has 0 atom stereocenters. The number of carboxylic acids is 1. The molecule has 0 spiro atoms. The molecule has 0 radical (unpaired) electrons. The minimum absolute atomic E-state index is 0.00140. The normalized spacial score (nSPS) is 10.9. The summed E-state index contributed by atoms with van der Waals surface area (Å²) in [6.45, 7) is 0. The fourth-order valence-corrected chi connectivity index (χ4v) is 2.78. The number of rotatable bonds is 3. The van der Waals surface area contributed by atoms with E-state index >= 15 is 0 Å². The van der Waals surface area contributed by atoms with Crippen molar-refractivity contribution in [1.82, 2.24) is 9.38 Å². The first-order valence-electron chi connectivity index (χ1n) is 6.08. The molecule has 0 bridgehead atoms. The number of aromatic nitrogens is 2. The van der Waals surface area contributed by atoms with Gasteiger partial charge in [-0.05, 0) is 18.2 Å². The maximum Gasteiger partial charge on any atom is 0.339 e.